The van der Waals surface area contributed by atoms with E-state index in [1.54, 1.807) is 12.3 Å². The molecule has 0 aromatic carbocycles. The van der Waals surface area contributed by atoms with E-state index in [2.05, 4.69) is 22.1 Å². The Morgan fingerprint density at radius 1 is 1.63 bits per heavy atom. The zero-order chi connectivity index (χ0) is 13.7. The molecule has 0 spiro atoms. The highest BCUT2D eigenvalue weighted by molar-refractivity contribution is 5.61. The number of aromatic nitrogens is 1. The fraction of sp³-hybridized carbons (Fsp3) is 0.615. The molecule has 1 aliphatic heterocycles. The molecule has 1 fully saturated rings. The molecule has 1 saturated heterocycles. The third-order valence-corrected chi connectivity index (χ3v) is 3.41. The number of nitrogens with zero attached hydrogens (tertiary/aromatic N) is 3. The van der Waals surface area contributed by atoms with Gasteiger partial charge in [-0.15, -0.1) is 0 Å². The zero-order valence-corrected chi connectivity index (χ0v) is 11.2. The molecule has 2 heterocycles. The minimum absolute atomic E-state index is 0.0916. The summed E-state index contributed by atoms with van der Waals surface area (Å²) in [5.74, 6) is 0. The highest BCUT2D eigenvalue weighted by Crippen LogP contribution is 2.27. The van der Waals surface area contributed by atoms with Crippen LogP contribution in [0.5, 0.6) is 0 Å². The molecular weight excluding hydrogens is 244 g/mol. The van der Waals surface area contributed by atoms with Gasteiger partial charge in [-0.2, -0.15) is 0 Å². The molecule has 2 rings (SSSR count). The van der Waals surface area contributed by atoms with Gasteiger partial charge in [-0.3, -0.25) is 15.1 Å². The van der Waals surface area contributed by atoms with Gasteiger partial charge in [-0.25, -0.2) is 0 Å². The van der Waals surface area contributed by atoms with Crippen molar-refractivity contribution in [2.45, 2.75) is 32.2 Å². The third-order valence-electron chi connectivity index (χ3n) is 3.41. The van der Waals surface area contributed by atoms with E-state index in [-0.39, 0.29) is 10.6 Å². The van der Waals surface area contributed by atoms with E-state index < -0.39 is 0 Å². The van der Waals surface area contributed by atoms with Crippen molar-refractivity contribution in [1.82, 2.24) is 10.3 Å². The van der Waals surface area contributed by atoms with Gasteiger partial charge >= 0.3 is 5.69 Å². The first kappa shape index (κ1) is 13.7. The van der Waals surface area contributed by atoms with Crippen molar-refractivity contribution < 1.29 is 4.92 Å². The Morgan fingerprint density at radius 2 is 2.47 bits per heavy atom. The second-order valence-corrected chi connectivity index (χ2v) is 4.86. The van der Waals surface area contributed by atoms with E-state index in [1.165, 1.54) is 12.6 Å². The van der Waals surface area contributed by atoms with Crippen molar-refractivity contribution in [2.75, 3.05) is 24.5 Å². The van der Waals surface area contributed by atoms with E-state index in [0.29, 0.717) is 11.7 Å². The van der Waals surface area contributed by atoms with Crippen LogP contribution < -0.4 is 10.2 Å². The van der Waals surface area contributed by atoms with Crippen LogP contribution in [0.4, 0.5) is 11.4 Å². The maximum Gasteiger partial charge on any atom is 0.310 e. The fourth-order valence-electron chi connectivity index (χ4n) is 2.55. The number of hydrogen-bond acceptors (Lipinski definition) is 5. The Morgan fingerprint density at radius 3 is 3.11 bits per heavy atom. The maximum absolute atomic E-state index is 11.1. The molecule has 104 valence electrons. The summed E-state index contributed by atoms with van der Waals surface area (Å²) in [6.07, 6.45) is 6.24. The van der Waals surface area contributed by atoms with E-state index in [1.807, 2.05) is 0 Å². The van der Waals surface area contributed by atoms with Gasteiger partial charge in [0.25, 0.3) is 0 Å². The Labute approximate surface area is 113 Å². The smallest absolute Gasteiger partial charge is 0.310 e. The number of nitro groups is 1. The average molecular weight is 264 g/mol. The van der Waals surface area contributed by atoms with Crippen LogP contribution in [0.2, 0.25) is 0 Å². The van der Waals surface area contributed by atoms with Gasteiger partial charge in [0.2, 0.25) is 0 Å². The van der Waals surface area contributed by atoms with E-state index in [9.17, 15) is 10.1 Å². The van der Waals surface area contributed by atoms with Gasteiger partial charge in [0.1, 0.15) is 11.9 Å². The lowest BCUT2D eigenvalue weighted by Crippen LogP contribution is -2.38. The van der Waals surface area contributed by atoms with E-state index in [0.717, 1.165) is 32.5 Å². The van der Waals surface area contributed by atoms with Gasteiger partial charge in [0, 0.05) is 25.3 Å². The predicted molar refractivity (Wildman–Crippen MR) is 74.4 cm³/mol. The van der Waals surface area contributed by atoms with Crippen LogP contribution in [0.25, 0.3) is 0 Å². The first-order chi connectivity index (χ1) is 9.22. The summed E-state index contributed by atoms with van der Waals surface area (Å²) in [5, 5.41) is 14.5. The first-order valence-electron chi connectivity index (χ1n) is 6.79. The van der Waals surface area contributed by atoms with Crippen LogP contribution in [0.15, 0.2) is 18.5 Å². The van der Waals surface area contributed by atoms with Crippen molar-refractivity contribution in [2.24, 2.45) is 0 Å². The number of pyridine rings is 1. The number of rotatable bonds is 6. The molecule has 1 atom stereocenters. The number of nitrogens with one attached hydrogen (secondary N) is 1. The lowest BCUT2D eigenvalue weighted by atomic mass is 10.2. The highest BCUT2D eigenvalue weighted by Gasteiger charge is 2.23. The molecule has 19 heavy (non-hydrogen) atoms. The van der Waals surface area contributed by atoms with Crippen LogP contribution in [-0.4, -0.2) is 35.6 Å². The molecule has 1 unspecified atom stereocenters. The zero-order valence-electron chi connectivity index (χ0n) is 11.2. The van der Waals surface area contributed by atoms with Gasteiger partial charge < -0.3 is 10.2 Å². The summed E-state index contributed by atoms with van der Waals surface area (Å²) in [6, 6.07) is 2.17. The summed E-state index contributed by atoms with van der Waals surface area (Å²) < 4.78 is 0. The highest BCUT2D eigenvalue weighted by atomic mass is 16.6. The van der Waals surface area contributed by atoms with Crippen LogP contribution in [0.3, 0.4) is 0 Å². The largest absolute Gasteiger partial charge is 0.364 e. The normalized spacial score (nSPS) is 18.5. The fourth-order valence-corrected chi connectivity index (χ4v) is 2.55. The van der Waals surface area contributed by atoms with Crippen LogP contribution in [0, 0.1) is 10.1 Å². The molecule has 0 aliphatic carbocycles. The molecule has 6 nitrogen and oxygen atoms in total. The standard InChI is InChI=1S/C13H20N4O2/c1-2-8-16(10-11-4-3-6-15-11)12-5-7-14-9-13(12)17(18)19/h5,7,9,11,15H,2-4,6,8,10H2,1H3. The molecule has 1 N–H and O–H groups in total. The molecule has 0 saturated carbocycles. The average Bonchev–Trinajstić information content (AvgIpc) is 2.91. The maximum atomic E-state index is 11.1. The van der Waals surface area contributed by atoms with Crippen molar-refractivity contribution >= 4 is 11.4 Å². The second kappa shape index (κ2) is 6.47. The second-order valence-electron chi connectivity index (χ2n) is 4.86. The Kier molecular flexibility index (Phi) is 4.68. The topological polar surface area (TPSA) is 71.3 Å². The summed E-state index contributed by atoms with van der Waals surface area (Å²) in [6.45, 7) is 4.77. The van der Waals surface area contributed by atoms with E-state index in [4.69, 9.17) is 0 Å². The van der Waals surface area contributed by atoms with Gasteiger partial charge in [0.15, 0.2) is 0 Å². The summed E-state index contributed by atoms with van der Waals surface area (Å²) in [5.41, 5.74) is 0.768. The van der Waals surface area contributed by atoms with Crippen molar-refractivity contribution in [3.8, 4) is 0 Å². The molecular formula is C13H20N4O2. The van der Waals surface area contributed by atoms with E-state index >= 15 is 0 Å². The van der Waals surface area contributed by atoms with Gasteiger partial charge in [-0.1, -0.05) is 6.92 Å². The first-order valence-corrected chi connectivity index (χ1v) is 6.79. The van der Waals surface area contributed by atoms with Gasteiger partial charge in [0.05, 0.1) is 4.92 Å². The Hall–Kier alpha value is -1.69. The minimum atomic E-state index is -0.354. The van der Waals surface area contributed by atoms with Gasteiger partial charge in [-0.05, 0) is 31.9 Å². The molecule has 6 heteroatoms. The Balaban J connectivity index is 2.19. The number of hydrogen-bond donors (Lipinski definition) is 1. The summed E-state index contributed by atoms with van der Waals surface area (Å²) in [4.78, 5) is 16.7. The summed E-state index contributed by atoms with van der Waals surface area (Å²) in [7, 11) is 0. The predicted octanol–water partition coefficient (Wildman–Crippen LogP) is 1.96. The van der Waals surface area contributed by atoms with Crippen molar-refractivity contribution in [1.29, 1.82) is 0 Å². The van der Waals surface area contributed by atoms with Crippen molar-refractivity contribution in [3.05, 3.63) is 28.6 Å². The molecule has 0 bridgehead atoms. The van der Waals surface area contributed by atoms with Crippen LogP contribution >= 0.6 is 0 Å². The molecule has 0 amide bonds. The molecule has 1 aliphatic rings. The van der Waals surface area contributed by atoms with Crippen molar-refractivity contribution in [3.63, 3.8) is 0 Å². The minimum Gasteiger partial charge on any atom is -0.364 e. The van der Waals surface area contributed by atoms with Crippen LogP contribution in [0.1, 0.15) is 26.2 Å². The molecule has 1 aromatic heterocycles. The third kappa shape index (κ3) is 3.41. The molecule has 1 aromatic rings. The Bertz CT molecular complexity index is 432. The lowest BCUT2D eigenvalue weighted by molar-refractivity contribution is -0.384. The molecule has 0 radical (unpaired) electrons. The number of anilines is 1. The lowest BCUT2D eigenvalue weighted by Gasteiger charge is -2.27. The summed E-state index contributed by atoms with van der Waals surface area (Å²) >= 11 is 0. The quantitative estimate of drug-likeness (QED) is 0.628. The van der Waals surface area contributed by atoms with Crippen LogP contribution in [-0.2, 0) is 0 Å². The SMILES string of the molecule is CCCN(CC1CCCN1)c1ccncc1[N+](=O)[O-]. The monoisotopic (exact) mass is 264 g/mol.